The molecule has 0 aliphatic carbocycles. The number of pyridine rings is 1. The van der Waals surface area contributed by atoms with Gasteiger partial charge in [-0.25, -0.2) is 4.52 Å². The van der Waals surface area contributed by atoms with E-state index in [1.165, 1.54) is 0 Å². The van der Waals surface area contributed by atoms with Crippen molar-refractivity contribution in [2.24, 2.45) is 0 Å². The van der Waals surface area contributed by atoms with Gasteiger partial charge >= 0.3 is 5.51 Å². The van der Waals surface area contributed by atoms with Gasteiger partial charge in [-0.3, -0.25) is 0 Å². The standard InChI is InChI=1S/C14H16F3IN4S/c1-21-7-5-9(6-8-21)19-11-4-2-3-10-12(23-14(15,16)17)13(18)20-22(10)11/h2-4,9,19H,5-8H2,1H3. The molecule has 0 saturated carbocycles. The third kappa shape index (κ3) is 4.05. The van der Waals surface area contributed by atoms with E-state index in [-0.39, 0.29) is 16.7 Å². The average molecular weight is 456 g/mol. The summed E-state index contributed by atoms with van der Waals surface area (Å²) in [5.41, 5.74) is -3.84. The second kappa shape index (κ2) is 6.67. The molecule has 9 heteroatoms. The first-order valence-electron chi connectivity index (χ1n) is 7.21. The number of rotatable bonds is 3. The Balaban J connectivity index is 1.89. The Bertz CT molecular complexity index is 695. The minimum atomic E-state index is -4.32. The van der Waals surface area contributed by atoms with Crippen LogP contribution in [0.1, 0.15) is 12.8 Å². The Kier molecular flexibility index (Phi) is 4.98. The third-order valence-electron chi connectivity index (χ3n) is 3.86. The highest BCUT2D eigenvalue weighted by atomic mass is 127. The lowest BCUT2D eigenvalue weighted by Gasteiger charge is -2.30. The van der Waals surface area contributed by atoms with Crippen molar-refractivity contribution in [2.45, 2.75) is 29.3 Å². The van der Waals surface area contributed by atoms with Gasteiger partial charge in [-0.05, 0) is 79.5 Å². The summed E-state index contributed by atoms with van der Waals surface area (Å²) in [6.07, 6.45) is 2.02. The highest BCUT2D eigenvalue weighted by Gasteiger charge is 2.32. The lowest BCUT2D eigenvalue weighted by Crippen LogP contribution is -2.37. The summed E-state index contributed by atoms with van der Waals surface area (Å²) in [5, 5.41) is 7.71. The van der Waals surface area contributed by atoms with Crippen LogP contribution in [0.15, 0.2) is 23.1 Å². The highest BCUT2D eigenvalue weighted by molar-refractivity contribution is 14.1. The van der Waals surface area contributed by atoms with Crippen molar-refractivity contribution in [3.05, 3.63) is 21.9 Å². The molecular weight excluding hydrogens is 440 g/mol. The SMILES string of the molecule is CN1CCC(Nc2cccc3c(SC(F)(F)F)c(I)nn23)CC1. The van der Waals surface area contributed by atoms with Crippen molar-refractivity contribution in [3.63, 3.8) is 0 Å². The molecule has 2 aromatic heterocycles. The van der Waals surface area contributed by atoms with Crippen molar-refractivity contribution in [1.82, 2.24) is 14.5 Å². The molecule has 0 bridgehead atoms. The zero-order chi connectivity index (χ0) is 16.6. The van der Waals surface area contributed by atoms with E-state index in [0.29, 0.717) is 15.3 Å². The highest BCUT2D eigenvalue weighted by Crippen LogP contribution is 2.41. The van der Waals surface area contributed by atoms with Gasteiger partial charge in [-0.1, -0.05) is 6.07 Å². The first-order valence-corrected chi connectivity index (χ1v) is 9.11. The molecule has 0 radical (unpaired) electrons. The topological polar surface area (TPSA) is 32.6 Å². The molecule has 3 heterocycles. The number of hydrogen-bond acceptors (Lipinski definition) is 4. The van der Waals surface area contributed by atoms with Gasteiger partial charge in [0.05, 0.1) is 10.4 Å². The molecule has 1 aliphatic rings. The van der Waals surface area contributed by atoms with Gasteiger partial charge in [-0.15, -0.1) is 0 Å². The van der Waals surface area contributed by atoms with Crippen molar-refractivity contribution in [3.8, 4) is 0 Å². The van der Waals surface area contributed by atoms with Crippen LogP contribution in [0.2, 0.25) is 0 Å². The minimum Gasteiger partial charge on any atom is -0.367 e. The summed E-state index contributed by atoms with van der Waals surface area (Å²) < 4.78 is 40.2. The van der Waals surface area contributed by atoms with Crippen LogP contribution in [0.5, 0.6) is 0 Å². The number of piperidine rings is 1. The maximum absolute atomic E-state index is 12.7. The fourth-order valence-electron chi connectivity index (χ4n) is 2.70. The molecule has 2 aromatic rings. The first-order chi connectivity index (χ1) is 10.8. The van der Waals surface area contributed by atoms with Crippen LogP contribution in [0, 0.1) is 3.70 Å². The lowest BCUT2D eigenvalue weighted by atomic mass is 10.1. The van der Waals surface area contributed by atoms with Crippen LogP contribution in [0.25, 0.3) is 5.52 Å². The van der Waals surface area contributed by atoms with Crippen molar-refractivity contribution >= 4 is 45.7 Å². The fraction of sp³-hybridized carbons (Fsp3) is 0.500. The normalized spacial score (nSPS) is 17.8. The Hall–Kier alpha value is -0.680. The molecule has 0 aromatic carbocycles. The molecule has 1 aliphatic heterocycles. The lowest BCUT2D eigenvalue weighted by molar-refractivity contribution is -0.0328. The molecule has 0 amide bonds. The van der Waals surface area contributed by atoms with Gasteiger partial charge in [0.25, 0.3) is 0 Å². The number of nitrogens with one attached hydrogen (secondary N) is 1. The van der Waals surface area contributed by atoms with Gasteiger partial charge in [0.2, 0.25) is 0 Å². The molecule has 1 fully saturated rings. The Morgan fingerprint density at radius 3 is 2.65 bits per heavy atom. The van der Waals surface area contributed by atoms with E-state index in [1.54, 1.807) is 16.6 Å². The van der Waals surface area contributed by atoms with Crippen LogP contribution in [0.4, 0.5) is 19.0 Å². The van der Waals surface area contributed by atoms with Gasteiger partial charge < -0.3 is 10.2 Å². The molecular formula is C14H16F3IN4S. The third-order valence-corrected chi connectivity index (χ3v) is 5.82. The maximum Gasteiger partial charge on any atom is 0.446 e. The molecule has 0 spiro atoms. The van der Waals surface area contributed by atoms with Gasteiger partial charge in [0, 0.05) is 6.04 Å². The number of hydrogen-bond donors (Lipinski definition) is 1. The van der Waals surface area contributed by atoms with Crippen LogP contribution >= 0.6 is 34.4 Å². The summed E-state index contributed by atoms with van der Waals surface area (Å²) in [5.74, 6) is 0.740. The molecule has 3 rings (SSSR count). The van der Waals surface area contributed by atoms with E-state index in [1.807, 2.05) is 28.7 Å². The Morgan fingerprint density at radius 1 is 1.30 bits per heavy atom. The number of aromatic nitrogens is 2. The zero-order valence-corrected chi connectivity index (χ0v) is 15.4. The van der Waals surface area contributed by atoms with Crippen molar-refractivity contribution in [1.29, 1.82) is 0 Å². The van der Waals surface area contributed by atoms with Gasteiger partial charge in [-0.2, -0.15) is 18.3 Å². The number of anilines is 1. The van der Waals surface area contributed by atoms with Crippen LogP contribution in [-0.4, -0.2) is 46.2 Å². The van der Waals surface area contributed by atoms with E-state index in [9.17, 15) is 13.2 Å². The summed E-state index contributed by atoms with van der Waals surface area (Å²) in [6.45, 7) is 2.03. The number of alkyl halides is 3. The molecule has 23 heavy (non-hydrogen) atoms. The van der Waals surface area contributed by atoms with Crippen LogP contribution in [0.3, 0.4) is 0 Å². The van der Waals surface area contributed by atoms with Gasteiger partial charge in [0.15, 0.2) is 0 Å². The second-order valence-corrected chi connectivity index (χ2v) is 7.69. The van der Waals surface area contributed by atoms with E-state index >= 15 is 0 Å². The van der Waals surface area contributed by atoms with E-state index < -0.39 is 5.51 Å². The number of fused-ring (bicyclic) bond motifs is 1. The smallest absolute Gasteiger partial charge is 0.367 e. The number of likely N-dealkylation sites (tertiary alicyclic amines) is 1. The first kappa shape index (κ1) is 17.2. The molecule has 1 saturated heterocycles. The summed E-state index contributed by atoms with van der Waals surface area (Å²) in [6, 6.07) is 5.61. The Morgan fingerprint density at radius 2 is 2.00 bits per heavy atom. The predicted octanol–water partition coefficient (Wildman–Crippen LogP) is 4.06. The van der Waals surface area contributed by atoms with E-state index in [4.69, 9.17) is 0 Å². The molecule has 0 atom stereocenters. The van der Waals surface area contributed by atoms with E-state index in [0.717, 1.165) is 31.7 Å². The monoisotopic (exact) mass is 456 g/mol. The van der Waals surface area contributed by atoms with Gasteiger partial charge in [0.1, 0.15) is 9.52 Å². The quantitative estimate of drug-likeness (QED) is 0.558. The molecule has 4 nitrogen and oxygen atoms in total. The Labute approximate surface area is 149 Å². The largest absolute Gasteiger partial charge is 0.446 e. The summed E-state index contributed by atoms with van der Waals surface area (Å²) in [7, 11) is 2.09. The number of thioether (sulfide) groups is 1. The zero-order valence-electron chi connectivity index (χ0n) is 12.4. The van der Waals surface area contributed by atoms with Crippen molar-refractivity contribution < 1.29 is 13.2 Å². The van der Waals surface area contributed by atoms with Crippen molar-refractivity contribution in [2.75, 3.05) is 25.5 Å². The maximum atomic E-state index is 12.7. The second-order valence-electron chi connectivity index (χ2n) is 5.60. The summed E-state index contributed by atoms with van der Waals surface area (Å²) >= 11 is 1.75. The average Bonchev–Trinajstić information content (AvgIpc) is 2.77. The van der Waals surface area contributed by atoms with Crippen LogP contribution < -0.4 is 5.32 Å². The number of halogens is 4. The van der Waals surface area contributed by atoms with E-state index in [2.05, 4.69) is 22.4 Å². The minimum absolute atomic E-state index is 0.107. The molecule has 1 N–H and O–H groups in total. The number of nitrogens with zero attached hydrogens (tertiary/aromatic N) is 3. The molecule has 0 unspecified atom stereocenters. The fourth-order valence-corrected chi connectivity index (χ4v) is 4.14. The molecule has 126 valence electrons. The predicted molar refractivity (Wildman–Crippen MR) is 94.0 cm³/mol. The summed E-state index contributed by atoms with van der Waals surface area (Å²) in [4.78, 5) is 2.43. The van der Waals surface area contributed by atoms with Crippen LogP contribution in [-0.2, 0) is 0 Å².